The van der Waals surface area contributed by atoms with Crippen LogP contribution in [-0.4, -0.2) is 50.6 Å². The highest BCUT2D eigenvalue weighted by atomic mass is 16.3. The van der Waals surface area contributed by atoms with Crippen molar-refractivity contribution in [1.82, 2.24) is 19.8 Å². The molecular weight excluding hydrogens is 364 g/mol. The molecule has 1 unspecified atom stereocenters. The minimum Gasteiger partial charge on any atom is -0.389 e. The van der Waals surface area contributed by atoms with Crippen molar-refractivity contribution < 1.29 is 5.11 Å². The van der Waals surface area contributed by atoms with Crippen LogP contribution in [0.3, 0.4) is 0 Å². The Morgan fingerprint density at radius 3 is 2.66 bits per heavy atom. The average Bonchev–Trinajstić information content (AvgIpc) is 3.29. The molecule has 2 aliphatic rings. The lowest BCUT2D eigenvalue weighted by molar-refractivity contribution is 0.221. The van der Waals surface area contributed by atoms with Gasteiger partial charge in [-0.25, -0.2) is 4.68 Å². The molecule has 29 heavy (non-hydrogen) atoms. The fraction of sp³-hybridized carbons (Fsp3) is 0.409. The summed E-state index contributed by atoms with van der Waals surface area (Å²) < 4.78 is 1.85. The van der Waals surface area contributed by atoms with Crippen molar-refractivity contribution in [3.63, 3.8) is 0 Å². The number of aromatic nitrogens is 3. The Bertz CT molecular complexity index is 921. The summed E-state index contributed by atoms with van der Waals surface area (Å²) in [6, 6.07) is 8.33. The lowest BCUT2D eigenvalue weighted by Gasteiger charge is -2.29. The molecule has 1 fully saturated rings. The molecule has 7 nitrogen and oxygen atoms in total. The largest absolute Gasteiger partial charge is 0.389 e. The zero-order valence-corrected chi connectivity index (χ0v) is 16.5. The number of aliphatic hydroxyl groups is 1. The molecule has 4 rings (SSSR count). The number of nitrogens with zero attached hydrogens (tertiary/aromatic N) is 6. The highest BCUT2D eigenvalue weighted by Gasteiger charge is 2.17. The zero-order valence-electron chi connectivity index (χ0n) is 16.5. The van der Waals surface area contributed by atoms with Crippen molar-refractivity contribution in [1.29, 1.82) is 5.26 Å². The molecule has 1 atom stereocenters. The number of hydrogen-bond donors (Lipinski definition) is 1. The van der Waals surface area contributed by atoms with Crippen LogP contribution in [0.1, 0.15) is 36.8 Å². The topological polar surface area (TPSA) is 81.2 Å². The number of rotatable bonds is 6. The van der Waals surface area contributed by atoms with Gasteiger partial charge >= 0.3 is 0 Å². The number of nitriles is 1. The predicted octanol–water partition coefficient (Wildman–Crippen LogP) is 2.65. The molecule has 0 spiro atoms. The Kier molecular flexibility index (Phi) is 6.03. The second kappa shape index (κ2) is 9.03. The summed E-state index contributed by atoms with van der Waals surface area (Å²) in [5.41, 5.74) is 3.87. The lowest BCUT2D eigenvalue weighted by Crippen LogP contribution is -2.32. The van der Waals surface area contributed by atoms with Crippen molar-refractivity contribution in [2.24, 2.45) is 0 Å². The summed E-state index contributed by atoms with van der Waals surface area (Å²) in [5.74, 6) is 0. The number of hydrogen-bond acceptors (Lipinski definition) is 6. The quantitative estimate of drug-likeness (QED) is 0.817. The Morgan fingerprint density at radius 2 is 1.97 bits per heavy atom. The van der Waals surface area contributed by atoms with Crippen LogP contribution in [0.25, 0.3) is 0 Å². The average molecular weight is 390 g/mol. The molecule has 1 aliphatic heterocycles. The Hall–Kier alpha value is -2.95. The molecular formula is C22H26N6O. The fourth-order valence-corrected chi connectivity index (χ4v) is 3.91. The van der Waals surface area contributed by atoms with E-state index in [4.69, 9.17) is 0 Å². The van der Waals surface area contributed by atoms with Gasteiger partial charge in [0, 0.05) is 6.54 Å². The van der Waals surface area contributed by atoms with Gasteiger partial charge in [-0.2, -0.15) is 5.26 Å². The predicted molar refractivity (Wildman–Crippen MR) is 111 cm³/mol. The van der Waals surface area contributed by atoms with E-state index in [-0.39, 0.29) is 0 Å². The van der Waals surface area contributed by atoms with Crippen molar-refractivity contribution in [3.8, 4) is 6.07 Å². The summed E-state index contributed by atoms with van der Waals surface area (Å²) in [7, 11) is 0. The van der Waals surface area contributed by atoms with E-state index < -0.39 is 6.10 Å². The van der Waals surface area contributed by atoms with E-state index >= 15 is 0 Å². The molecule has 1 aliphatic carbocycles. The minimum atomic E-state index is -0.409. The molecule has 7 heteroatoms. The van der Waals surface area contributed by atoms with Crippen LogP contribution in [0.15, 0.2) is 54.7 Å². The van der Waals surface area contributed by atoms with E-state index in [0.29, 0.717) is 13.0 Å². The summed E-state index contributed by atoms with van der Waals surface area (Å²) >= 11 is 0. The summed E-state index contributed by atoms with van der Waals surface area (Å²) in [5, 5.41) is 29.3. The zero-order chi connectivity index (χ0) is 20.1. The van der Waals surface area contributed by atoms with Gasteiger partial charge < -0.3 is 5.11 Å². The van der Waals surface area contributed by atoms with Crippen molar-refractivity contribution >= 4 is 5.69 Å². The van der Waals surface area contributed by atoms with E-state index in [9.17, 15) is 10.4 Å². The third-order valence-electron chi connectivity index (χ3n) is 5.52. The van der Waals surface area contributed by atoms with E-state index in [2.05, 4.69) is 38.3 Å². The third kappa shape index (κ3) is 4.73. The first-order valence-corrected chi connectivity index (χ1v) is 10.2. The second-order valence-corrected chi connectivity index (χ2v) is 7.63. The maximum atomic E-state index is 9.71. The lowest BCUT2D eigenvalue weighted by atomic mass is 10.0. The van der Waals surface area contributed by atoms with Gasteiger partial charge in [0.05, 0.1) is 30.0 Å². The Morgan fingerprint density at radius 1 is 1.17 bits per heavy atom. The normalized spacial score (nSPS) is 19.6. The number of benzene rings is 1. The fourth-order valence-electron chi connectivity index (χ4n) is 3.91. The maximum absolute atomic E-state index is 9.71. The minimum absolute atomic E-state index is 0.409. The highest BCUT2D eigenvalue weighted by molar-refractivity contribution is 5.55. The second-order valence-electron chi connectivity index (χ2n) is 7.63. The van der Waals surface area contributed by atoms with Gasteiger partial charge in [0.15, 0.2) is 0 Å². The van der Waals surface area contributed by atoms with Gasteiger partial charge in [0.1, 0.15) is 12.7 Å². The first kappa shape index (κ1) is 19.4. The van der Waals surface area contributed by atoms with Crippen LogP contribution in [0.5, 0.6) is 0 Å². The molecule has 1 aromatic heterocycles. The molecule has 1 N–H and O–H groups in total. The van der Waals surface area contributed by atoms with Crippen LogP contribution in [-0.2, 0) is 6.54 Å². The standard InChI is InChI=1S/C22H26N6O/c23-13-19-6-7-21(12-20(19)15-26-10-2-1-3-11-26)28(27-16-24-25-17-27)14-18-4-8-22(29)9-5-18/h4-8,12,16-17,22,29H,1-3,9-11,14-15H2. The van der Waals surface area contributed by atoms with E-state index in [1.54, 1.807) is 12.7 Å². The van der Waals surface area contributed by atoms with Crippen LogP contribution in [0.2, 0.25) is 0 Å². The van der Waals surface area contributed by atoms with Crippen LogP contribution < -0.4 is 5.01 Å². The van der Waals surface area contributed by atoms with Crippen LogP contribution >= 0.6 is 0 Å². The van der Waals surface area contributed by atoms with Gasteiger partial charge in [-0.05, 0) is 61.7 Å². The first-order valence-electron chi connectivity index (χ1n) is 10.2. The van der Waals surface area contributed by atoms with Gasteiger partial charge in [-0.1, -0.05) is 24.6 Å². The Labute approximate surface area is 171 Å². The molecule has 2 heterocycles. The smallest absolute Gasteiger partial charge is 0.139 e. The van der Waals surface area contributed by atoms with Crippen molar-refractivity contribution in [3.05, 3.63) is 65.8 Å². The van der Waals surface area contributed by atoms with Crippen molar-refractivity contribution in [2.75, 3.05) is 24.6 Å². The van der Waals surface area contributed by atoms with Gasteiger partial charge in [-0.3, -0.25) is 9.91 Å². The monoisotopic (exact) mass is 390 g/mol. The summed E-state index contributed by atoms with van der Waals surface area (Å²) in [6.45, 7) is 3.59. The molecule has 0 bridgehead atoms. The van der Waals surface area contributed by atoms with E-state index in [1.165, 1.54) is 19.3 Å². The maximum Gasteiger partial charge on any atom is 0.139 e. The molecule has 0 radical (unpaired) electrons. The van der Waals surface area contributed by atoms with E-state index in [0.717, 1.165) is 42.0 Å². The summed E-state index contributed by atoms with van der Waals surface area (Å²) in [6.07, 6.45) is 13.1. The molecule has 0 amide bonds. The molecule has 0 saturated carbocycles. The van der Waals surface area contributed by atoms with E-state index in [1.807, 2.05) is 29.0 Å². The molecule has 1 saturated heterocycles. The molecule has 150 valence electrons. The first-order chi connectivity index (χ1) is 14.2. The Balaban J connectivity index is 1.62. The number of likely N-dealkylation sites (tertiary alicyclic amines) is 1. The number of aliphatic hydroxyl groups excluding tert-OH is 1. The third-order valence-corrected chi connectivity index (χ3v) is 5.52. The molecule has 2 aromatic rings. The van der Waals surface area contributed by atoms with Gasteiger partial charge in [0.2, 0.25) is 0 Å². The van der Waals surface area contributed by atoms with Crippen LogP contribution in [0, 0.1) is 11.3 Å². The van der Waals surface area contributed by atoms with Gasteiger partial charge in [0.25, 0.3) is 0 Å². The number of anilines is 1. The summed E-state index contributed by atoms with van der Waals surface area (Å²) in [4.78, 5) is 2.43. The number of piperidine rings is 1. The van der Waals surface area contributed by atoms with Crippen molar-refractivity contribution in [2.45, 2.75) is 38.3 Å². The highest BCUT2D eigenvalue weighted by Crippen LogP contribution is 2.24. The van der Waals surface area contributed by atoms with Crippen LogP contribution in [0.4, 0.5) is 5.69 Å². The SMILES string of the molecule is N#Cc1ccc(N(CC2=CCC(O)C=C2)n2cnnc2)cc1CN1CCCCC1. The molecule has 1 aromatic carbocycles. The van der Waals surface area contributed by atoms with Gasteiger partial charge in [-0.15, -0.1) is 10.2 Å².